The molecule has 0 saturated carbocycles. The predicted octanol–water partition coefficient (Wildman–Crippen LogP) is 1.16. The number of nitrogens with zero attached hydrogens (tertiary/aromatic N) is 1. The highest BCUT2D eigenvalue weighted by molar-refractivity contribution is 7.11. The monoisotopic (exact) mass is 298 g/mol. The van der Waals surface area contributed by atoms with E-state index in [1.165, 1.54) is 11.3 Å². The lowest BCUT2D eigenvalue weighted by Crippen LogP contribution is -2.40. The van der Waals surface area contributed by atoms with Gasteiger partial charge in [-0.2, -0.15) is 13.2 Å². The summed E-state index contributed by atoms with van der Waals surface area (Å²) in [6.45, 7) is 1.84. The van der Waals surface area contributed by atoms with Gasteiger partial charge < -0.3 is 15.5 Å². The van der Waals surface area contributed by atoms with Crippen LogP contribution in [0.5, 0.6) is 0 Å². The van der Waals surface area contributed by atoms with Crippen LogP contribution in [0, 0.1) is 0 Å². The molecule has 0 aliphatic carbocycles. The van der Waals surface area contributed by atoms with E-state index in [1.807, 2.05) is 5.38 Å². The molecule has 0 radical (unpaired) electrons. The number of nitrogens with one attached hydrogen (secondary N) is 1. The molecule has 0 aromatic carbocycles. The third kappa shape index (κ3) is 4.48. The number of halogens is 3. The minimum absolute atomic E-state index is 0.192. The van der Waals surface area contributed by atoms with Gasteiger partial charge in [0, 0.05) is 24.4 Å². The second-order valence-corrected chi connectivity index (χ2v) is 4.40. The lowest BCUT2D eigenvalue weighted by Gasteiger charge is -2.24. The van der Waals surface area contributed by atoms with Gasteiger partial charge in [0.05, 0.1) is 5.69 Å². The minimum Gasteiger partial charge on any atom is -0.476 e. The van der Waals surface area contributed by atoms with Crippen molar-refractivity contribution in [2.45, 2.75) is 12.1 Å². The largest absolute Gasteiger partial charge is 0.490 e. The average molecular weight is 298 g/mol. The molecule has 0 bridgehead atoms. The van der Waals surface area contributed by atoms with E-state index in [0.717, 1.165) is 18.8 Å². The summed E-state index contributed by atoms with van der Waals surface area (Å²) >= 11 is 1.20. The lowest BCUT2D eigenvalue weighted by atomic mass is 10.0. The van der Waals surface area contributed by atoms with Crippen molar-refractivity contribution >= 4 is 23.3 Å². The van der Waals surface area contributed by atoms with Gasteiger partial charge in [0.1, 0.15) is 0 Å². The Balaban J connectivity index is 0.000000224. The van der Waals surface area contributed by atoms with E-state index in [0.29, 0.717) is 5.92 Å². The fourth-order valence-corrected chi connectivity index (χ4v) is 1.81. The van der Waals surface area contributed by atoms with Gasteiger partial charge in [0.25, 0.3) is 0 Å². The number of carboxylic acids is 2. The van der Waals surface area contributed by atoms with Crippen LogP contribution in [0.15, 0.2) is 5.38 Å². The zero-order valence-corrected chi connectivity index (χ0v) is 10.1. The van der Waals surface area contributed by atoms with Crippen LogP contribution >= 0.6 is 11.3 Å². The summed E-state index contributed by atoms with van der Waals surface area (Å²) in [4.78, 5) is 23.4. The summed E-state index contributed by atoms with van der Waals surface area (Å²) < 4.78 is 31.7. The van der Waals surface area contributed by atoms with Crippen LogP contribution in [0.3, 0.4) is 0 Å². The van der Waals surface area contributed by atoms with Gasteiger partial charge in [-0.05, 0) is 0 Å². The van der Waals surface area contributed by atoms with E-state index in [4.69, 9.17) is 15.0 Å². The van der Waals surface area contributed by atoms with Crippen molar-refractivity contribution in [3.8, 4) is 0 Å². The Morgan fingerprint density at radius 3 is 2.16 bits per heavy atom. The van der Waals surface area contributed by atoms with Crippen LogP contribution < -0.4 is 5.32 Å². The standard InChI is InChI=1S/C7H8N2O2S.C2HF3O2/c10-7(11)6-9-5(3-12-6)4-1-8-2-4;3-2(4,5)1(6)7/h3-4,8H,1-2H2,(H,10,11);(H,6,7). The van der Waals surface area contributed by atoms with Crippen molar-refractivity contribution < 1.29 is 33.0 Å². The zero-order chi connectivity index (χ0) is 14.6. The van der Waals surface area contributed by atoms with E-state index >= 15 is 0 Å². The number of carbonyl (C=O) groups is 2. The molecule has 2 rings (SSSR count). The number of aromatic nitrogens is 1. The van der Waals surface area contributed by atoms with Gasteiger partial charge in [-0.3, -0.25) is 0 Å². The topological polar surface area (TPSA) is 99.5 Å². The first-order valence-electron chi connectivity index (χ1n) is 4.91. The van der Waals surface area contributed by atoms with Crippen molar-refractivity contribution in [2.24, 2.45) is 0 Å². The fourth-order valence-electron chi connectivity index (χ4n) is 1.07. The minimum atomic E-state index is -5.08. The molecule has 10 heteroatoms. The molecule has 1 aromatic rings. The van der Waals surface area contributed by atoms with Crippen molar-refractivity contribution in [1.82, 2.24) is 10.3 Å². The van der Waals surface area contributed by atoms with Crippen molar-refractivity contribution in [1.29, 1.82) is 0 Å². The van der Waals surface area contributed by atoms with Gasteiger partial charge in [-0.15, -0.1) is 11.3 Å². The summed E-state index contributed by atoms with van der Waals surface area (Å²) in [6.07, 6.45) is -5.08. The Labute approximate surface area is 108 Å². The Kier molecular flexibility index (Phi) is 4.84. The Morgan fingerprint density at radius 2 is 1.89 bits per heavy atom. The molecule has 0 unspecified atom stereocenters. The first kappa shape index (κ1) is 15.4. The van der Waals surface area contributed by atoms with Gasteiger partial charge in [0.2, 0.25) is 5.01 Å². The Bertz CT molecular complexity index is 470. The third-order valence-electron chi connectivity index (χ3n) is 2.15. The molecule has 6 nitrogen and oxygen atoms in total. The van der Waals surface area contributed by atoms with Crippen LogP contribution in [-0.2, 0) is 4.79 Å². The molecule has 0 atom stereocenters. The molecule has 1 fully saturated rings. The normalized spacial score (nSPS) is 15.1. The van der Waals surface area contributed by atoms with Crippen LogP contribution in [-0.4, -0.2) is 46.4 Å². The molecule has 0 amide bonds. The number of hydrogen-bond acceptors (Lipinski definition) is 5. The number of aliphatic carboxylic acids is 1. The molecular weight excluding hydrogens is 289 g/mol. The quantitative estimate of drug-likeness (QED) is 0.757. The third-order valence-corrected chi connectivity index (χ3v) is 3.00. The summed E-state index contributed by atoms with van der Waals surface area (Å²) in [5.41, 5.74) is 0.913. The first-order valence-corrected chi connectivity index (χ1v) is 5.79. The van der Waals surface area contributed by atoms with E-state index < -0.39 is 18.1 Å². The summed E-state index contributed by atoms with van der Waals surface area (Å²) in [6, 6.07) is 0. The molecule has 1 aliphatic rings. The smallest absolute Gasteiger partial charge is 0.476 e. The molecule has 1 aliphatic heterocycles. The van der Waals surface area contributed by atoms with E-state index in [2.05, 4.69) is 10.3 Å². The van der Waals surface area contributed by atoms with Crippen LogP contribution in [0.25, 0.3) is 0 Å². The molecule has 106 valence electrons. The predicted molar refractivity (Wildman–Crippen MR) is 58.4 cm³/mol. The Morgan fingerprint density at radius 1 is 1.37 bits per heavy atom. The second-order valence-electron chi connectivity index (χ2n) is 3.54. The summed E-state index contributed by atoms with van der Waals surface area (Å²) in [7, 11) is 0. The van der Waals surface area contributed by atoms with E-state index in [9.17, 15) is 18.0 Å². The first-order chi connectivity index (χ1) is 8.71. The maximum atomic E-state index is 10.6. The average Bonchev–Trinajstić information content (AvgIpc) is 2.63. The number of aromatic carboxylic acids is 1. The highest BCUT2D eigenvalue weighted by atomic mass is 32.1. The second kappa shape index (κ2) is 5.97. The number of thiazole rings is 1. The molecule has 2 heterocycles. The highest BCUT2D eigenvalue weighted by Crippen LogP contribution is 2.21. The highest BCUT2D eigenvalue weighted by Gasteiger charge is 2.38. The van der Waals surface area contributed by atoms with Crippen LogP contribution in [0.1, 0.15) is 21.4 Å². The van der Waals surface area contributed by atoms with Gasteiger partial charge in [0.15, 0.2) is 0 Å². The van der Waals surface area contributed by atoms with Crippen molar-refractivity contribution in [2.75, 3.05) is 13.1 Å². The van der Waals surface area contributed by atoms with Gasteiger partial charge in [-0.25, -0.2) is 14.6 Å². The van der Waals surface area contributed by atoms with Crippen molar-refractivity contribution in [3.05, 3.63) is 16.1 Å². The number of hydrogen-bond donors (Lipinski definition) is 3. The van der Waals surface area contributed by atoms with Gasteiger partial charge >= 0.3 is 18.1 Å². The molecule has 1 saturated heterocycles. The lowest BCUT2D eigenvalue weighted by molar-refractivity contribution is -0.192. The summed E-state index contributed by atoms with van der Waals surface area (Å²) in [5.74, 6) is -3.26. The fraction of sp³-hybridized carbons (Fsp3) is 0.444. The molecule has 1 aromatic heterocycles. The Hall–Kier alpha value is -1.68. The molecular formula is C9H9F3N2O4S. The van der Waals surface area contributed by atoms with E-state index in [1.54, 1.807) is 0 Å². The number of carboxylic acid groups (broad SMARTS) is 2. The van der Waals surface area contributed by atoms with Crippen LogP contribution in [0.4, 0.5) is 13.2 Å². The summed E-state index contributed by atoms with van der Waals surface area (Å²) in [5, 5.41) is 20.9. The van der Waals surface area contributed by atoms with Gasteiger partial charge in [-0.1, -0.05) is 0 Å². The van der Waals surface area contributed by atoms with Crippen molar-refractivity contribution in [3.63, 3.8) is 0 Å². The number of rotatable bonds is 2. The molecule has 3 N–H and O–H groups in total. The molecule has 0 spiro atoms. The maximum absolute atomic E-state index is 10.6. The zero-order valence-electron chi connectivity index (χ0n) is 9.27. The van der Waals surface area contributed by atoms with E-state index in [-0.39, 0.29) is 5.01 Å². The van der Waals surface area contributed by atoms with Crippen LogP contribution in [0.2, 0.25) is 0 Å². The maximum Gasteiger partial charge on any atom is 0.490 e. The SMILES string of the molecule is O=C(O)C(F)(F)F.O=C(O)c1nc(C2CNC2)cs1. The molecule has 19 heavy (non-hydrogen) atoms. The number of alkyl halides is 3.